The zero-order chi connectivity index (χ0) is 18.0. The number of anilines is 2. The largest absolute Gasteiger partial charge is 0.323 e. The summed E-state index contributed by atoms with van der Waals surface area (Å²) in [5.74, 6) is -0.306. The molecule has 7 heteroatoms. The van der Waals surface area contributed by atoms with Gasteiger partial charge < -0.3 is 10.6 Å². The van der Waals surface area contributed by atoms with Gasteiger partial charge in [-0.1, -0.05) is 12.1 Å². The summed E-state index contributed by atoms with van der Waals surface area (Å²) in [6.45, 7) is 5.92. The highest BCUT2D eigenvalue weighted by Gasteiger charge is 2.30. The Morgan fingerprint density at radius 2 is 2.00 bits per heavy atom. The van der Waals surface area contributed by atoms with Gasteiger partial charge in [0.1, 0.15) is 6.54 Å². The van der Waals surface area contributed by atoms with E-state index in [1.807, 2.05) is 55.9 Å². The molecule has 0 saturated heterocycles. The summed E-state index contributed by atoms with van der Waals surface area (Å²) in [6.07, 6.45) is 3.64. The second-order valence-electron chi connectivity index (χ2n) is 6.39. The van der Waals surface area contributed by atoms with Gasteiger partial charge in [-0.05, 0) is 39.0 Å². The molecule has 0 spiro atoms. The monoisotopic (exact) mass is 341 g/mol. The predicted octanol–water partition coefficient (Wildman–Crippen LogP) is 1.80. The highest BCUT2D eigenvalue weighted by Crippen LogP contribution is 2.29. The molecule has 25 heavy (non-hydrogen) atoms. The van der Waals surface area contributed by atoms with Gasteiger partial charge in [0.15, 0.2) is 0 Å². The van der Waals surface area contributed by atoms with E-state index in [2.05, 4.69) is 15.7 Å². The van der Waals surface area contributed by atoms with Crippen molar-refractivity contribution in [1.29, 1.82) is 0 Å². The van der Waals surface area contributed by atoms with E-state index in [9.17, 15) is 9.59 Å². The molecule has 3 atom stereocenters. The average Bonchev–Trinajstić information content (AvgIpc) is 3.14. The third-order valence-corrected chi connectivity index (χ3v) is 4.59. The summed E-state index contributed by atoms with van der Waals surface area (Å²) in [4.78, 5) is 26.4. The molecule has 1 aromatic heterocycles. The van der Waals surface area contributed by atoms with Crippen molar-refractivity contribution in [3.8, 4) is 0 Å². The first-order valence-electron chi connectivity index (χ1n) is 8.43. The molecule has 132 valence electrons. The highest BCUT2D eigenvalue weighted by atomic mass is 16.2. The zero-order valence-electron chi connectivity index (χ0n) is 14.6. The molecule has 0 radical (unpaired) electrons. The van der Waals surface area contributed by atoms with Gasteiger partial charge in [0.05, 0.1) is 23.5 Å². The Labute approximate surface area is 147 Å². The summed E-state index contributed by atoms with van der Waals surface area (Å²) in [7, 11) is 0. The molecule has 7 nitrogen and oxygen atoms in total. The van der Waals surface area contributed by atoms with E-state index in [0.717, 1.165) is 5.69 Å². The average molecular weight is 341 g/mol. The van der Waals surface area contributed by atoms with Gasteiger partial charge in [-0.2, -0.15) is 5.10 Å². The van der Waals surface area contributed by atoms with Gasteiger partial charge in [0.2, 0.25) is 11.8 Å². The molecular formula is C18H23N5O2. The van der Waals surface area contributed by atoms with Crippen molar-refractivity contribution in [2.24, 2.45) is 0 Å². The normalized spacial score (nSPS) is 17.4. The van der Waals surface area contributed by atoms with E-state index in [1.165, 1.54) is 4.90 Å². The van der Waals surface area contributed by atoms with Crippen LogP contribution in [0.2, 0.25) is 0 Å². The number of rotatable bonds is 5. The first-order chi connectivity index (χ1) is 12.0. The number of amides is 2. The van der Waals surface area contributed by atoms with E-state index in [1.54, 1.807) is 12.3 Å². The van der Waals surface area contributed by atoms with Gasteiger partial charge in [-0.3, -0.25) is 19.2 Å². The molecule has 2 amide bonds. The molecule has 1 aliphatic rings. The Bertz CT molecular complexity index is 759. The summed E-state index contributed by atoms with van der Waals surface area (Å²) >= 11 is 0. The number of carbonyl (C=O) groups excluding carboxylic acids is 2. The first kappa shape index (κ1) is 17.2. The summed E-state index contributed by atoms with van der Waals surface area (Å²) < 4.78 is 1.86. The van der Waals surface area contributed by atoms with Crippen molar-refractivity contribution in [1.82, 2.24) is 15.1 Å². The Hall–Kier alpha value is -2.67. The quantitative estimate of drug-likeness (QED) is 0.869. The number of nitrogens with zero attached hydrogens (tertiary/aromatic N) is 3. The SMILES string of the molecule is C[C@H](N[C@@H](C)[C@@H](C)n1cccn1)C(=O)N1CC(=O)Nc2ccccc21. The second-order valence-corrected chi connectivity index (χ2v) is 6.39. The minimum atomic E-state index is -0.424. The number of para-hydroxylation sites is 2. The summed E-state index contributed by atoms with van der Waals surface area (Å²) in [6, 6.07) is 8.92. The van der Waals surface area contributed by atoms with Crippen molar-refractivity contribution in [3.63, 3.8) is 0 Å². The number of benzene rings is 1. The van der Waals surface area contributed by atoms with Crippen LogP contribution < -0.4 is 15.5 Å². The van der Waals surface area contributed by atoms with Crippen LogP contribution in [-0.4, -0.2) is 40.2 Å². The third kappa shape index (κ3) is 3.56. The van der Waals surface area contributed by atoms with Crippen LogP contribution in [0.25, 0.3) is 0 Å². The highest BCUT2D eigenvalue weighted by molar-refractivity contribution is 6.11. The predicted molar refractivity (Wildman–Crippen MR) is 96.4 cm³/mol. The lowest BCUT2D eigenvalue weighted by molar-refractivity contribution is -0.123. The summed E-state index contributed by atoms with van der Waals surface area (Å²) in [5.41, 5.74) is 1.39. The fraction of sp³-hybridized carbons (Fsp3) is 0.389. The molecule has 2 N–H and O–H groups in total. The molecule has 2 aromatic rings. The fourth-order valence-corrected chi connectivity index (χ4v) is 3.02. The molecule has 0 bridgehead atoms. The van der Waals surface area contributed by atoms with Crippen LogP contribution in [0, 0.1) is 0 Å². The fourth-order valence-electron chi connectivity index (χ4n) is 3.02. The van der Waals surface area contributed by atoms with Gasteiger partial charge in [0.25, 0.3) is 0 Å². The van der Waals surface area contributed by atoms with Crippen LogP contribution in [0.3, 0.4) is 0 Å². The maximum absolute atomic E-state index is 12.9. The number of hydrogen-bond donors (Lipinski definition) is 2. The van der Waals surface area contributed by atoms with Gasteiger partial charge >= 0.3 is 0 Å². The molecule has 1 aromatic carbocycles. The number of nitrogens with one attached hydrogen (secondary N) is 2. The lowest BCUT2D eigenvalue weighted by Crippen LogP contribution is -2.52. The van der Waals surface area contributed by atoms with E-state index >= 15 is 0 Å². The van der Waals surface area contributed by atoms with Crippen LogP contribution in [0.5, 0.6) is 0 Å². The maximum Gasteiger partial charge on any atom is 0.244 e. The standard InChI is InChI=1S/C18H23N5O2/c1-12(14(3)23-10-6-9-19-23)20-13(2)18(25)22-11-17(24)21-15-7-4-5-8-16(15)22/h4-10,12-14,20H,11H2,1-3H3,(H,21,24)/t12-,13-,14+/m0/s1. The van der Waals surface area contributed by atoms with E-state index < -0.39 is 6.04 Å². The molecule has 0 unspecified atom stereocenters. The van der Waals surface area contributed by atoms with Crippen molar-refractivity contribution in [2.75, 3.05) is 16.8 Å². The number of aromatic nitrogens is 2. The minimum absolute atomic E-state index is 0.0327. The van der Waals surface area contributed by atoms with Crippen LogP contribution in [-0.2, 0) is 9.59 Å². The molecule has 3 rings (SSSR count). The van der Waals surface area contributed by atoms with Crippen molar-refractivity contribution < 1.29 is 9.59 Å². The van der Waals surface area contributed by atoms with E-state index in [-0.39, 0.29) is 30.4 Å². The third-order valence-electron chi connectivity index (χ3n) is 4.59. The zero-order valence-corrected chi connectivity index (χ0v) is 14.6. The minimum Gasteiger partial charge on any atom is -0.323 e. The second kappa shape index (κ2) is 7.06. The van der Waals surface area contributed by atoms with Crippen LogP contribution in [0.4, 0.5) is 11.4 Å². The van der Waals surface area contributed by atoms with E-state index in [4.69, 9.17) is 0 Å². The van der Waals surface area contributed by atoms with Crippen LogP contribution in [0.15, 0.2) is 42.7 Å². The Morgan fingerprint density at radius 3 is 2.72 bits per heavy atom. The van der Waals surface area contributed by atoms with Gasteiger partial charge in [-0.15, -0.1) is 0 Å². The molecule has 0 saturated carbocycles. The number of carbonyl (C=O) groups is 2. The topological polar surface area (TPSA) is 79.3 Å². The molecule has 0 fully saturated rings. The van der Waals surface area contributed by atoms with Gasteiger partial charge in [-0.25, -0.2) is 0 Å². The van der Waals surface area contributed by atoms with Crippen molar-refractivity contribution in [2.45, 2.75) is 38.9 Å². The van der Waals surface area contributed by atoms with Crippen LogP contribution in [0.1, 0.15) is 26.8 Å². The molecule has 1 aliphatic heterocycles. The Morgan fingerprint density at radius 1 is 1.24 bits per heavy atom. The summed E-state index contributed by atoms with van der Waals surface area (Å²) in [5, 5.41) is 10.4. The lowest BCUT2D eigenvalue weighted by Gasteiger charge is -2.33. The number of hydrogen-bond acceptors (Lipinski definition) is 4. The Kier molecular flexibility index (Phi) is 4.85. The van der Waals surface area contributed by atoms with E-state index in [0.29, 0.717) is 5.69 Å². The first-order valence-corrected chi connectivity index (χ1v) is 8.43. The molecule has 0 aliphatic carbocycles. The van der Waals surface area contributed by atoms with Gasteiger partial charge in [0, 0.05) is 18.4 Å². The van der Waals surface area contributed by atoms with Crippen LogP contribution >= 0.6 is 0 Å². The Balaban J connectivity index is 1.71. The number of fused-ring (bicyclic) bond motifs is 1. The van der Waals surface area contributed by atoms with Crippen molar-refractivity contribution >= 4 is 23.2 Å². The maximum atomic E-state index is 12.9. The molecule has 2 heterocycles. The lowest BCUT2D eigenvalue weighted by atomic mass is 10.1. The van der Waals surface area contributed by atoms with Crippen molar-refractivity contribution in [3.05, 3.63) is 42.7 Å². The molecular weight excluding hydrogens is 318 g/mol. The smallest absolute Gasteiger partial charge is 0.244 e.